The minimum absolute atomic E-state index is 0.335. The molecule has 1 heterocycles. The van der Waals surface area contributed by atoms with Crippen LogP contribution in [0.3, 0.4) is 0 Å². The van der Waals surface area contributed by atoms with E-state index in [1.807, 2.05) is 0 Å². The molecule has 11 heteroatoms. The van der Waals surface area contributed by atoms with E-state index in [-0.39, 0.29) is 0 Å². The maximum absolute atomic E-state index is 14.5. The van der Waals surface area contributed by atoms with Crippen molar-refractivity contribution < 1.29 is 40.2 Å². The van der Waals surface area contributed by atoms with Crippen molar-refractivity contribution in [2.75, 3.05) is 14.2 Å². The van der Waals surface area contributed by atoms with Crippen molar-refractivity contribution in [3.05, 3.63) is 71.4 Å². The van der Waals surface area contributed by atoms with Crippen LogP contribution in [0.5, 0.6) is 5.75 Å². The van der Waals surface area contributed by atoms with Crippen LogP contribution < -0.4 is 4.74 Å². The van der Waals surface area contributed by atoms with Gasteiger partial charge in [0.1, 0.15) is 34.5 Å². The van der Waals surface area contributed by atoms with Gasteiger partial charge in [0.05, 0.1) is 24.7 Å². The molecule has 3 rings (SSSR count). The average Bonchev–Trinajstić information content (AvgIpc) is 3.06. The van der Waals surface area contributed by atoms with Gasteiger partial charge in [-0.1, -0.05) is 6.07 Å². The summed E-state index contributed by atoms with van der Waals surface area (Å²) in [5.41, 5.74) is -2.18. The van der Waals surface area contributed by atoms with Crippen LogP contribution in [0.2, 0.25) is 0 Å². The van der Waals surface area contributed by atoms with Crippen LogP contribution >= 0.6 is 0 Å². The highest BCUT2D eigenvalue weighted by Crippen LogP contribution is 2.40. The summed E-state index contributed by atoms with van der Waals surface area (Å²) in [5, 5.41) is 0. The second kappa shape index (κ2) is 7.82. The molecule has 1 aromatic heterocycles. The summed E-state index contributed by atoms with van der Waals surface area (Å²) < 4.78 is 92.3. The monoisotopic (exact) mass is 443 g/mol. The predicted molar refractivity (Wildman–Crippen MR) is 96.6 cm³/mol. The number of methoxy groups -OCH3 is 2. The second-order valence-corrected chi connectivity index (χ2v) is 7.73. The fourth-order valence-electron chi connectivity index (χ4n) is 2.85. The molecule has 0 amide bonds. The van der Waals surface area contributed by atoms with E-state index in [1.165, 1.54) is 0 Å². The molecule has 0 saturated carbocycles. The van der Waals surface area contributed by atoms with Gasteiger partial charge in [0, 0.05) is 18.3 Å². The minimum atomic E-state index is -4.68. The number of rotatable bonds is 5. The van der Waals surface area contributed by atoms with Gasteiger partial charge in [0.25, 0.3) is 10.0 Å². The van der Waals surface area contributed by atoms with E-state index in [9.17, 15) is 30.8 Å². The summed E-state index contributed by atoms with van der Waals surface area (Å²) in [7, 11) is -2.65. The van der Waals surface area contributed by atoms with Crippen LogP contribution in [-0.2, 0) is 14.8 Å². The number of benzene rings is 2. The zero-order valence-electron chi connectivity index (χ0n) is 15.5. The molecule has 158 valence electrons. The molecule has 0 unspecified atom stereocenters. The molecule has 0 atom stereocenters. The van der Waals surface area contributed by atoms with Crippen LogP contribution in [0.4, 0.5) is 17.6 Å². The Balaban J connectivity index is 2.45. The number of aromatic nitrogens is 1. The lowest BCUT2D eigenvalue weighted by atomic mass is 10.1. The van der Waals surface area contributed by atoms with Gasteiger partial charge in [-0.15, -0.1) is 0 Å². The summed E-state index contributed by atoms with van der Waals surface area (Å²) >= 11 is 0. The topological polar surface area (TPSA) is 74.6 Å². The molecule has 0 aliphatic carbocycles. The molecule has 0 saturated heterocycles. The van der Waals surface area contributed by atoms with Crippen molar-refractivity contribution in [3.63, 3.8) is 0 Å². The van der Waals surface area contributed by atoms with E-state index in [2.05, 4.69) is 4.74 Å². The Hall–Kier alpha value is -3.34. The van der Waals surface area contributed by atoms with Gasteiger partial charge in [0.2, 0.25) is 0 Å². The van der Waals surface area contributed by atoms with Crippen LogP contribution in [-0.4, -0.2) is 32.6 Å². The Morgan fingerprint density at radius 1 is 0.967 bits per heavy atom. The first-order valence-electron chi connectivity index (χ1n) is 8.15. The van der Waals surface area contributed by atoms with Gasteiger partial charge in [-0.2, -0.15) is 0 Å². The third kappa shape index (κ3) is 3.52. The molecule has 0 aliphatic heterocycles. The zero-order valence-corrected chi connectivity index (χ0v) is 16.3. The number of hydrogen-bond acceptors (Lipinski definition) is 5. The van der Waals surface area contributed by atoms with Crippen molar-refractivity contribution in [2.24, 2.45) is 0 Å². The Kier molecular flexibility index (Phi) is 5.57. The molecule has 30 heavy (non-hydrogen) atoms. The quantitative estimate of drug-likeness (QED) is 0.444. The van der Waals surface area contributed by atoms with Gasteiger partial charge in [-0.25, -0.2) is 34.7 Å². The maximum atomic E-state index is 14.5. The van der Waals surface area contributed by atoms with Crippen LogP contribution in [0, 0.1) is 23.3 Å². The van der Waals surface area contributed by atoms with Crippen molar-refractivity contribution in [1.82, 2.24) is 3.97 Å². The Morgan fingerprint density at radius 2 is 1.60 bits per heavy atom. The van der Waals surface area contributed by atoms with Gasteiger partial charge >= 0.3 is 5.97 Å². The zero-order chi connectivity index (χ0) is 22.2. The minimum Gasteiger partial charge on any atom is -0.494 e. The molecule has 0 N–H and O–H groups in total. The molecule has 0 aliphatic rings. The highest BCUT2D eigenvalue weighted by molar-refractivity contribution is 7.90. The number of hydrogen-bond donors (Lipinski definition) is 0. The third-order valence-electron chi connectivity index (χ3n) is 4.13. The largest absolute Gasteiger partial charge is 0.494 e. The number of carbonyl (C=O) groups excluding carboxylic acids is 1. The number of esters is 1. The molecule has 0 spiro atoms. The van der Waals surface area contributed by atoms with E-state index in [4.69, 9.17) is 4.74 Å². The molecule has 3 aromatic rings. The normalized spacial score (nSPS) is 11.4. The Bertz CT molecular complexity index is 1230. The smallest absolute Gasteiger partial charge is 0.343 e. The fourth-order valence-corrected chi connectivity index (χ4v) is 4.25. The van der Waals surface area contributed by atoms with Crippen LogP contribution in [0.1, 0.15) is 10.4 Å². The Labute approximate surface area is 168 Å². The number of carbonyl (C=O) groups is 1. The standard InChI is InChI=1S/C19H13F4NO5S/c1-28-18-13(19(25)29-2)9-24(30(26,27)12-5-3-4-10(20)6-12)17(18)16-14(22)7-11(21)8-15(16)23/h3-9H,1-2H3. The van der Waals surface area contributed by atoms with E-state index >= 15 is 0 Å². The molecular formula is C19H13F4NO5S. The summed E-state index contributed by atoms with van der Waals surface area (Å²) in [6.45, 7) is 0. The Morgan fingerprint density at radius 3 is 2.13 bits per heavy atom. The van der Waals surface area contributed by atoms with Crippen molar-refractivity contribution in [1.29, 1.82) is 0 Å². The fraction of sp³-hybridized carbons (Fsp3) is 0.105. The first kappa shape index (κ1) is 21.4. The lowest BCUT2D eigenvalue weighted by Crippen LogP contribution is -2.15. The molecule has 2 aromatic carbocycles. The lowest BCUT2D eigenvalue weighted by molar-refractivity contribution is 0.0597. The predicted octanol–water partition coefficient (Wildman–Crippen LogP) is 3.74. The summed E-state index contributed by atoms with van der Waals surface area (Å²) in [6, 6.07) is 4.51. The maximum Gasteiger partial charge on any atom is 0.343 e. The van der Waals surface area contributed by atoms with Crippen LogP contribution in [0.15, 0.2) is 47.5 Å². The van der Waals surface area contributed by atoms with Crippen molar-refractivity contribution >= 4 is 16.0 Å². The van der Waals surface area contributed by atoms with E-state index in [0.29, 0.717) is 22.2 Å². The van der Waals surface area contributed by atoms with E-state index in [1.54, 1.807) is 0 Å². The first-order valence-corrected chi connectivity index (χ1v) is 9.59. The second-order valence-electron chi connectivity index (χ2n) is 5.92. The lowest BCUT2D eigenvalue weighted by Gasteiger charge is -2.13. The van der Waals surface area contributed by atoms with Crippen LogP contribution in [0.25, 0.3) is 11.3 Å². The third-order valence-corrected chi connectivity index (χ3v) is 5.79. The highest BCUT2D eigenvalue weighted by Gasteiger charge is 2.33. The SMILES string of the molecule is COC(=O)c1cn(S(=O)(=O)c2cccc(F)c2)c(-c2c(F)cc(F)cc2F)c1OC. The molecule has 0 radical (unpaired) electrons. The number of nitrogens with zero attached hydrogens (tertiary/aromatic N) is 1. The molecule has 6 nitrogen and oxygen atoms in total. The van der Waals surface area contributed by atoms with Gasteiger partial charge < -0.3 is 9.47 Å². The summed E-state index contributed by atoms with van der Waals surface area (Å²) in [5.74, 6) is -6.63. The number of ether oxygens (including phenoxy) is 2. The molecular weight excluding hydrogens is 430 g/mol. The highest BCUT2D eigenvalue weighted by atomic mass is 32.2. The van der Waals surface area contributed by atoms with Gasteiger partial charge in [0.15, 0.2) is 5.75 Å². The van der Waals surface area contributed by atoms with Crippen molar-refractivity contribution in [3.8, 4) is 17.0 Å². The molecule has 0 bridgehead atoms. The molecule has 0 fully saturated rings. The summed E-state index contributed by atoms with van der Waals surface area (Å²) in [6.07, 6.45) is 0.725. The van der Waals surface area contributed by atoms with E-state index < -0.39 is 66.7 Å². The van der Waals surface area contributed by atoms with Gasteiger partial charge in [-0.05, 0) is 18.2 Å². The van der Waals surface area contributed by atoms with Crippen molar-refractivity contribution in [2.45, 2.75) is 4.90 Å². The first-order chi connectivity index (χ1) is 14.1. The summed E-state index contributed by atoms with van der Waals surface area (Å²) in [4.78, 5) is 11.5. The van der Waals surface area contributed by atoms with Gasteiger partial charge in [-0.3, -0.25) is 0 Å². The van der Waals surface area contributed by atoms with E-state index in [0.717, 1.165) is 38.6 Å². The number of halogens is 4. The average molecular weight is 443 g/mol.